The first-order chi connectivity index (χ1) is 24.8. The van der Waals surface area contributed by atoms with Gasteiger partial charge in [-0.3, -0.25) is 18.6 Å². The normalized spacial score (nSPS) is 14.7. The topological polar surface area (TPSA) is 130 Å². The first kappa shape index (κ1) is 51.3. The van der Waals surface area contributed by atoms with E-state index in [-0.39, 0.29) is 12.8 Å². The number of ketones is 2. The van der Waals surface area contributed by atoms with E-state index in [2.05, 4.69) is 13.8 Å². The van der Waals surface area contributed by atoms with Crippen LogP contribution in [-0.2, 0) is 23.2 Å². The molecule has 0 bridgehead atoms. The second kappa shape index (κ2) is 31.5. The van der Waals surface area contributed by atoms with Crippen molar-refractivity contribution in [2.75, 3.05) is 34.3 Å². The van der Waals surface area contributed by atoms with Gasteiger partial charge in [-0.05, 0) is 19.3 Å². The second-order valence-electron chi connectivity index (χ2n) is 16.4. The number of phosphoric acid groups is 1. The maximum atomic E-state index is 13.9. The zero-order valence-electron chi connectivity index (χ0n) is 34.9. The van der Waals surface area contributed by atoms with Gasteiger partial charge < -0.3 is 19.6 Å². The Bertz CT molecular complexity index is 882. The predicted octanol–water partition coefficient (Wildman–Crippen LogP) is 10.8. The number of rotatable bonds is 39. The number of carbonyl (C=O) groups excluding carboxylic acids is 2. The van der Waals surface area contributed by atoms with Gasteiger partial charge in [0.1, 0.15) is 18.8 Å². The van der Waals surface area contributed by atoms with E-state index in [1.165, 1.54) is 103 Å². The van der Waals surface area contributed by atoms with Gasteiger partial charge in [0, 0.05) is 12.8 Å². The van der Waals surface area contributed by atoms with Gasteiger partial charge in [0.05, 0.1) is 27.7 Å². The van der Waals surface area contributed by atoms with Crippen molar-refractivity contribution < 1.29 is 42.8 Å². The third-order valence-corrected chi connectivity index (χ3v) is 11.3. The van der Waals surface area contributed by atoms with Gasteiger partial charge in [-0.1, -0.05) is 175 Å². The molecule has 0 fully saturated rings. The largest absolute Gasteiger partial charge is 0.474 e. The average Bonchev–Trinajstić information content (AvgIpc) is 3.09. The van der Waals surface area contributed by atoms with Crippen molar-refractivity contribution in [3.8, 4) is 0 Å². The van der Waals surface area contributed by atoms with E-state index >= 15 is 0 Å². The van der Waals surface area contributed by atoms with Gasteiger partial charge in [0.25, 0.3) is 0 Å². The van der Waals surface area contributed by atoms with Crippen LogP contribution < -0.4 is 0 Å². The molecule has 0 aromatic rings. The number of aliphatic hydroxyl groups excluding tert-OH is 2. The molecular weight excluding hydrogens is 677 g/mol. The molecule has 0 heterocycles. The Hall–Kier alpha value is -0.670. The Balaban J connectivity index is 5.27. The minimum atomic E-state index is -5.01. The third-order valence-electron chi connectivity index (χ3n) is 10.2. The van der Waals surface area contributed by atoms with Crippen LogP contribution >= 0.6 is 7.82 Å². The van der Waals surface area contributed by atoms with Gasteiger partial charge in [-0.15, -0.1) is 0 Å². The summed E-state index contributed by atoms with van der Waals surface area (Å²) in [6.45, 7) is 5.71. The summed E-state index contributed by atoms with van der Waals surface area (Å²) in [5.74, 6) is -1.54. The minimum Gasteiger partial charge on any atom is -0.394 e. The third kappa shape index (κ3) is 25.4. The Labute approximate surface area is 320 Å². The number of unbranched alkanes of at least 4 members (excludes halogenated alkanes) is 24. The van der Waals surface area contributed by atoms with Gasteiger partial charge in [-0.2, -0.15) is 0 Å². The quantitative estimate of drug-likeness (QED) is 0.0244. The number of nitrogens with zero attached hydrogens (tertiary/aromatic N) is 1. The Morgan fingerprint density at radius 3 is 1.17 bits per heavy atom. The smallest absolute Gasteiger partial charge is 0.394 e. The molecule has 0 spiro atoms. The first-order valence-electron chi connectivity index (χ1n) is 21.7. The van der Waals surface area contributed by atoms with Crippen LogP contribution in [0.5, 0.6) is 0 Å². The maximum absolute atomic E-state index is 13.9. The summed E-state index contributed by atoms with van der Waals surface area (Å²) in [6, 6.07) is 0. The monoisotopic (exact) mass is 763 g/mol. The van der Waals surface area contributed by atoms with Crippen molar-refractivity contribution in [2.45, 2.75) is 225 Å². The number of likely N-dealkylation sites (N-methyl/N-ethyl adjacent to an activating group) is 1. The zero-order chi connectivity index (χ0) is 39.1. The summed E-state index contributed by atoms with van der Waals surface area (Å²) < 4.78 is 25.0. The fourth-order valence-electron chi connectivity index (χ4n) is 7.04. The summed E-state index contributed by atoms with van der Waals surface area (Å²) in [5.41, 5.74) is -2.66. The number of carbonyl (C=O) groups is 2. The van der Waals surface area contributed by atoms with E-state index < -0.39 is 43.8 Å². The summed E-state index contributed by atoms with van der Waals surface area (Å²) in [5, 5.41) is 21.1. The predicted molar refractivity (Wildman–Crippen MR) is 215 cm³/mol. The molecule has 0 radical (unpaired) electrons. The molecule has 3 atom stereocenters. The molecule has 9 nitrogen and oxygen atoms in total. The van der Waals surface area contributed by atoms with E-state index in [1.807, 2.05) is 28.1 Å². The Kier molecular flexibility index (Phi) is 31.1. The van der Waals surface area contributed by atoms with Crippen LogP contribution in [0.3, 0.4) is 0 Å². The van der Waals surface area contributed by atoms with E-state index in [9.17, 15) is 29.3 Å². The minimum absolute atomic E-state index is 0.102. The van der Waals surface area contributed by atoms with Crippen LogP contribution in [0.15, 0.2) is 0 Å². The maximum Gasteiger partial charge on any atom is 0.474 e. The summed E-state index contributed by atoms with van der Waals surface area (Å²) >= 11 is 0. The van der Waals surface area contributed by atoms with Gasteiger partial charge >= 0.3 is 7.82 Å². The first-order valence-corrected chi connectivity index (χ1v) is 23.2. The van der Waals surface area contributed by atoms with Crippen LogP contribution in [0, 0.1) is 0 Å². The van der Waals surface area contributed by atoms with E-state index in [1.54, 1.807) is 0 Å². The highest BCUT2D eigenvalue weighted by molar-refractivity contribution is 7.47. The fraction of sp³-hybridized carbons (Fsp3) is 0.952. The SMILES string of the molecule is CCCCCCCCCCCCCCCC(=O)C(OP(=O)(O)OC(CC)C[N+](C)(C)C)(C(=O)CCCCCCCCCCCCCCC)[C@@H](O)CO. The van der Waals surface area contributed by atoms with Crippen molar-refractivity contribution >= 4 is 19.4 Å². The second-order valence-corrected chi connectivity index (χ2v) is 17.8. The molecule has 0 aliphatic carbocycles. The molecule has 0 aliphatic rings. The molecule has 0 amide bonds. The van der Waals surface area contributed by atoms with Gasteiger partial charge in [0.2, 0.25) is 5.60 Å². The van der Waals surface area contributed by atoms with E-state index in [0.29, 0.717) is 30.3 Å². The Morgan fingerprint density at radius 1 is 0.596 bits per heavy atom. The van der Waals surface area contributed by atoms with Crippen LogP contribution in [0.2, 0.25) is 0 Å². The highest BCUT2D eigenvalue weighted by Gasteiger charge is 2.56. The molecule has 52 heavy (non-hydrogen) atoms. The average molecular weight is 763 g/mol. The standard InChI is InChI=1S/C42H84NO8P/c1-7-10-12-14-16-18-20-22-24-26-28-30-32-34-39(45)42(41(47)37-44,51-52(48,49)50-38(9-3)36-43(4,5)6)40(46)35-33-31-29-27-25-23-21-19-17-15-13-11-8-2/h38,41,44,47H,7-37H2,1-6H3/p+1/t38?,41-/m0/s1. The number of quaternary nitrogens is 1. The number of hydrogen-bond acceptors (Lipinski definition) is 7. The number of phosphoric ester groups is 1. The molecule has 0 aromatic heterocycles. The van der Waals surface area contributed by atoms with E-state index in [0.717, 1.165) is 51.4 Å². The molecular formula is C42H85NO8P+. The molecule has 3 N–H and O–H groups in total. The number of Topliss-reactive ketones (excluding diaryl/α,β-unsaturated/α-hetero) is 2. The molecule has 0 rings (SSSR count). The van der Waals surface area contributed by atoms with Gasteiger partial charge in [-0.25, -0.2) is 4.57 Å². The molecule has 0 aliphatic heterocycles. The summed E-state index contributed by atoms with van der Waals surface area (Å²) in [6.07, 6.45) is 26.9. The zero-order valence-corrected chi connectivity index (χ0v) is 35.7. The summed E-state index contributed by atoms with van der Waals surface area (Å²) in [4.78, 5) is 38.8. The molecule has 310 valence electrons. The Morgan fingerprint density at radius 2 is 0.904 bits per heavy atom. The lowest BCUT2D eigenvalue weighted by Gasteiger charge is -2.36. The van der Waals surface area contributed by atoms with E-state index in [4.69, 9.17) is 9.05 Å². The summed E-state index contributed by atoms with van der Waals surface area (Å²) in [7, 11) is 0.758. The molecule has 2 unspecified atom stereocenters. The van der Waals surface area contributed by atoms with Crippen molar-refractivity contribution in [1.29, 1.82) is 0 Å². The van der Waals surface area contributed by atoms with Crippen LogP contribution in [0.4, 0.5) is 0 Å². The van der Waals surface area contributed by atoms with Crippen molar-refractivity contribution in [2.24, 2.45) is 0 Å². The highest BCUT2D eigenvalue weighted by Crippen LogP contribution is 2.51. The fourth-order valence-corrected chi connectivity index (χ4v) is 8.36. The van der Waals surface area contributed by atoms with Crippen LogP contribution in [0.25, 0.3) is 0 Å². The molecule has 0 saturated heterocycles. The lowest BCUT2D eigenvalue weighted by Crippen LogP contribution is -2.58. The van der Waals surface area contributed by atoms with Crippen LogP contribution in [-0.4, -0.2) is 83.3 Å². The lowest BCUT2D eigenvalue weighted by molar-refractivity contribution is -0.873. The number of aliphatic hydroxyl groups is 2. The highest BCUT2D eigenvalue weighted by atomic mass is 31.2. The molecule has 10 heteroatoms. The van der Waals surface area contributed by atoms with Crippen molar-refractivity contribution in [1.82, 2.24) is 0 Å². The lowest BCUT2D eigenvalue weighted by atomic mass is 9.82. The molecule has 0 saturated carbocycles. The van der Waals surface area contributed by atoms with Gasteiger partial charge in [0.15, 0.2) is 11.6 Å². The number of hydrogen-bond donors (Lipinski definition) is 3. The molecule has 0 aromatic carbocycles. The van der Waals surface area contributed by atoms with Crippen molar-refractivity contribution in [3.63, 3.8) is 0 Å². The van der Waals surface area contributed by atoms with Crippen LogP contribution in [0.1, 0.15) is 207 Å². The van der Waals surface area contributed by atoms with Crippen molar-refractivity contribution in [3.05, 3.63) is 0 Å².